The van der Waals surface area contributed by atoms with E-state index >= 15 is 0 Å². The lowest BCUT2D eigenvalue weighted by Crippen LogP contribution is -2.51. The fourth-order valence-electron chi connectivity index (χ4n) is 2.74. The molecule has 2 amide bonds. The zero-order chi connectivity index (χ0) is 13.2. The normalized spacial score (nSPS) is 23.8. The van der Waals surface area contributed by atoms with Gasteiger partial charge in [-0.25, -0.2) is 4.90 Å². The number of amides is 2. The van der Waals surface area contributed by atoms with Gasteiger partial charge in [0.05, 0.1) is 18.2 Å². The number of anilines is 1. The maximum Gasteiger partial charge on any atom is 0.251 e. The van der Waals surface area contributed by atoms with E-state index in [2.05, 4.69) is 10.2 Å². The van der Waals surface area contributed by atoms with E-state index in [1.807, 2.05) is 18.2 Å². The van der Waals surface area contributed by atoms with Crippen LogP contribution < -0.4 is 10.2 Å². The Bertz CT molecular complexity index is 488. The highest BCUT2D eigenvalue weighted by molar-refractivity contribution is 6.22. The lowest BCUT2D eigenvalue weighted by atomic mass is 10.2. The third-order valence-electron chi connectivity index (χ3n) is 3.73. The fourth-order valence-corrected chi connectivity index (χ4v) is 2.74. The molecule has 2 aliphatic heterocycles. The highest BCUT2D eigenvalue weighted by Crippen LogP contribution is 2.25. The molecular weight excluding hydrogens is 278 g/mol. The van der Waals surface area contributed by atoms with E-state index in [0.717, 1.165) is 26.2 Å². The number of hydrogen-bond acceptors (Lipinski definition) is 4. The highest BCUT2D eigenvalue weighted by atomic mass is 35.5. The van der Waals surface area contributed by atoms with Gasteiger partial charge in [-0.15, -0.1) is 12.4 Å². The molecule has 2 saturated heterocycles. The smallest absolute Gasteiger partial charge is 0.251 e. The molecule has 1 unspecified atom stereocenters. The van der Waals surface area contributed by atoms with Crippen LogP contribution in [-0.4, -0.2) is 48.9 Å². The lowest BCUT2D eigenvalue weighted by molar-refractivity contribution is -0.123. The molecule has 5 nitrogen and oxygen atoms in total. The summed E-state index contributed by atoms with van der Waals surface area (Å²) in [6, 6.07) is 8.88. The molecule has 1 aromatic carbocycles. The minimum absolute atomic E-state index is 0. The molecule has 2 fully saturated rings. The molecule has 0 saturated carbocycles. The van der Waals surface area contributed by atoms with Crippen molar-refractivity contribution in [2.75, 3.05) is 31.1 Å². The predicted molar refractivity (Wildman–Crippen MR) is 79.0 cm³/mol. The summed E-state index contributed by atoms with van der Waals surface area (Å²) in [7, 11) is 0. The first-order valence-corrected chi connectivity index (χ1v) is 6.64. The molecule has 0 aliphatic carbocycles. The second kappa shape index (κ2) is 6.35. The summed E-state index contributed by atoms with van der Waals surface area (Å²) >= 11 is 0. The number of benzene rings is 1. The van der Waals surface area contributed by atoms with Crippen LogP contribution in [0, 0.1) is 0 Å². The number of nitrogens with zero attached hydrogens (tertiary/aromatic N) is 2. The zero-order valence-electron chi connectivity index (χ0n) is 11.1. The van der Waals surface area contributed by atoms with Crippen LogP contribution in [0.5, 0.6) is 0 Å². The van der Waals surface area contributed by atoms with Crippen molar-refractivity contribution in [2.45, 2.75) is 12.5 Å². The van der Waals surface area contributed by atoms with Crippen molar-refractivity contribution in [2.24, 2.45) is 0 Å². The van der Waals surface area contributed by atoms with Gasteiger partial charge >= 0.3 is 0 Å². The minimum atomic E-state index is -0.283. The van der Waals surface area contributed by atoms with Crippen LogP contribution in [0.2, 0.25) is 0 Å². The van der Waals surface area contributed by atoms with Gasteiger partial charge in [-0.3, -0.25) is 14.5 Å². The molecule has 0 spiro atoms. The average molecular weight is 296 g/mol. The summed E-state index contributed by atoms with van der Waals surface area (Å²) in [5, 5.41) is 3.26. The first kappa shape index (κ1) is 15.0. The Hall–Kier alpha value is -1.43. The number of halogens is 1. The van der Waals surface area contributed by atoms with E-state index < -0.39 is 0 Å². The highest BCUT2D eigenvalue weighted by Gasteiger charge is 2.42. The zero-order valence-corrected chi connectivity index (χ0v) is 11.9. The van der Waals surface area contributed by atoms with Gasteiger partial charge < -0.3 is 5.32 Å². The molecule has 1 aromatic rings. The molecule has 1 N–H and O–H groups in total. The summed E-state index contributed by atoms with van der Waals surface area (Å²) in [6.45, 7) is 3.41. The molecule has 20 heavy (non-hydrogen) atoms. The third-order valence-corrected chi connectivity index (χ3v) is 3.73. The van der Waals surface area contributed by atoms with Crippen molar-refractivity contribution in [1.82, 2.24) is 10.2 Å². The topological polar surface area (TPSA) is 52.7 Å². The number of piperazine rings is 1. The van der Waals surface area contributed by atoms with E-state index in [0.29, 0.717) is 12.1 Å². The van der Waals surface area contributed by atoms with Crippen LogP contribution in [0.4, 0.5) is 5.69 Å². The number of hydrogen-bond donors (Lipinski definition) is 1. The SMILES string of the molecule is Cl.O=C1CC(N2CCNCC2)C(=O)N1c1ccccc1. The molecule has 0 radical (unpaired) electrons. The summed E-state index contributed by atoms with van der Waals surface area (Å²) in [5.74, 6) is -0.183. The number of imide groups is 1. The van der Waals surface area contributed by atoms with Crippen molar-refractivity contribution >= 4 is 29.9 Å². The second-order valence-electron chi connectivity index (χ2n) is 4.91. The van der Waals surface area contributed by atoms with Crippen LogP contribution in [0.25, 0.3) is 0 Å². The summed E-state index contributed by atoms with van der Waals surface area (Å²) in [6.07, 6.45) is 0.299. The van der Waals surface area contributed by atoms with Crippen LogP contribution in [0.15, 0.2) is 30.3 Å². The van der Waals surface area contributed by atoms with Crippen molar-refractivity contribution in [3.8, 4) is 0 Å². The Labute approximate surface area is 124 Å². The fraction of sp³-hybridized carbons (Fsp3) is 0.429. The van der Waals surface area contributed by atoms with E-state index in [1.165, 1.54) is 4.90 Å². The molecule has 108 valence electrons. The van der Waals surface area contributed by atoms with Gasteiger partial charge in [0.15, 0.2) is 0 Å². The van der Waals surface area contributed by atoms with Gasteiger partial charge in [0.25, 0.3) is 5.91 Å². The Morgan fingerprint density at radius 2 is 1.70 bits per heavy atom. The molecule has 2 heterocycles. The van der Waals surface area contributed by atoms with E-state index in [1.54, 1.807) is 12.1 Å². The Morgan fingerprint density at radius 3 is 2.35 bits per heavy atom. The molecule has 2 aliphatic rings. The van der Waals surface area contributed by atoms with Crippen molar-refractivity contribution in [3.63, 3.8) is 0 Å². The van der Waals surface area contributed by atoms with Crippen LogP contribution in [0.1, 0.15) is 6.42 Å². The largest absolute Gasteiger partial charge is 0.314 e. The number of carbonyl (C=O) groups excluding carboxylic acids is 2. The summed E-state index contributed by atoms with van der Waals surface area (Å²) in [5.41, 5.74) is 0.676. The van der Waals surface area contributed by atoms with E-state index in [4.69, 9.17) is 0 Å². The van der Waals surface area contributed by atoms with E-state index in [-0.39, 0.29) is 30.3 Å². The molecular formula is C14H18ClN3O2. The van der Waals surface area contributed by atoms with Gasteiger partial charge in [0.2, 0.25) is 5.91 Å². The molecule has 3 rings (SSSR count). The van der Waals surface area contributed by atoms with E-state index in [9.17, 15) is 9.59 Å². The number of carbonyl (C=O) groups is 2. The number of rotatable bonds is 2. The lowest BCUT2D eigenvalue weighted by Gasteiger charge is -2.31. The number of nitrogens with one attached hydrogen (secondary N) is 1. The van der Waals surface area contributed by atoms with Crippen molar-refractivity contribution in [3.05, 3.63) is 30.3 Å². The van der Waals surface area contributed by atoms with Crippen molar-refractivity contribution < 1.29 is 9.59 Å². The summed E-state index contributed by atoms with van der Waals surface area (Å²) < 4.78 is 0. The third kappa shape index (κ3) is 2.70. The minimum Gasteiger partial charge on any atom is -0.314 e. The van der Waals surface area contributed by atoms with Gasteiger partial charge in [-0.05, 0) is 12.1 Å². The van der Waals surface area contributed by atoms with Gasteiger partial charge in [-0.1, -0.05) is 18.2 Å². The predicted octanol–water partition coefficient (Wildman–Crippen LogP) is 0.645. The van der Waals surface area contributed by atoms with Gasteiger partial charge in [0, 0.05) is 26.2 Å². The van der Waals surface area contributed by atoms with Crippen LogP contribution >= 0.6 is 12.4 Å². The van der Waals surface area contributed by atoms with Crippen molar-refractivity contribution in [1.29, 1.82) is 0 Å². The van der Waals surface area contributed by atoms with Crippen LogP contribution in [-0.2, 0) is 9.59 Å². The monoisotopic (exact) mass is 295 g/mol. The first-order valence-electron chi connectivity index (χ1n) is 6.64. The second-order valence-corrected chi connectivity index (χ2v) is 4.91. The van der Waals surface area contributed by atoms with Crippen LogP contribution in [0.3, 0.4) is 0 Å². The number of para-hydroxylation sites is 1. The maximum absolute atomic E-state index is 12.5. The Kier molecular flexibility index (Phi) is 4.75. The summed E-state index contributed by atoms with van der Waals surface area (Å²) in [4.78, 5) is 28.0. The standard InChI is InChI=1S/C14H17N3O2.ClH/c18-13-10-12(16-8-6-15-7-9-16)14(19)17(13)11-4-2-1-3-5-11;/h1-5,12,15H,6-10H2;1H. The molecule has 1 atom stereocenters. The molecule has 0 bridgehead atoms. The van der Waals surface area contributed by atoms with Gasteiger partial charge in [0.1, 0.15) is 0 Å². The molecule has 6 heteroatoms. The first-order chi connectivity index (χ1) is 9.27. The quantitative estimate of drug-likeness (QED) is 0.814. The maximum atomic E-state index is 12.5. The Morgan fingerprint density at radius 1 is 1.05 bits per heavy atom. The average Bonchev–Trinajstić information content (AvgIpc) is 2.76. The molecule has 0 aromatic heterocycles. The Balaban J connectivity index is 0.00000147. The van der Waals surface area contributed by atoms with Gasteiger partial charge in [-0.2, -0.15) is 0 Å².